The van der Waals surface area contributed by atoms with Gasteiger partial charge in [-0.05, 0) is 48.2 Å². The number of carbonyl (C=O) groups excluding carboxylic acids is 2. The number of anilines is 1. The number of nitrogens with one attached hydrogen (secondary N) is 2. The molecule has 214 valence electrons. The summed E-state index contributed by atoms with van der Waals surface area (Å²) >= 11 is 5.99. The van der Waals surface area contributed by atoms with Crippen LogP contribution in [0.3, 0.4) is 0 Å². The molecule has 8 nitrogen and oxygen atoms in total. The van der Waals surface area contributed by atoms with E-state index in [9.17, 15) is 36.3 Å². The van der Waals surface area contributed by atoms with Crippen LogP contribution in [-0.2, 0) is 20.4 Å². The molecular weight excluding hydrogens is 559 g/mol. The zero-order chi connectivity index (χ0) is 29.4. The molecule has 1 fully saturated rings. The van der Waals surface area contributed by atoms with Gasteiger partial charge in [-0.15, -0.1) is 0 Å². The van der Waals surface area contributed by atoms with Gasteiger partial charge in [-0.25, -0.2) is 0 Å². The Bertz CT molecular complexity index is 1330. The summed E-state index contributed by atoms with van der Waals surface area (Å²) in [6, 6.07) is 10.4. The van der Waals surface area contributed by atoms with Crippen molar-refractivity contribution in [2.75, 3.05) is 17.8 Å². The molecular formula is C26H31ClF3N3O5S. The van der Waals surface area contributed by atoms with Gasteiger partial charge >= 0.3 is 15.5 Å². The number of hydrogen-bond acceptors (Lipinski definition) is 5. The third kappa shape index (κ3) is 6.50. The number of amides is 2. The molecule has 1 saturated heterocycles. The van der Waals surface area contributed by atoms with Crippen LogP contribution >= 0.6 is 11.6 Å². The van der Waals surface area contributed by atoms with E-state index in [0.29, 0.717) is 10.6 Å². The van der Waals surface area contributed by atoms with Crippen LogP contribution in [-0.4, -0.2) is 54.9 Å². The normalized spacial score (nSPS) is 20.4. The molecule has 1 aliphatic heterocycles. The molecule has 3 rings (SSSR count). The van der Waals surface area contributed by atoms with Crippen LogP contribution in [0.4, 0.5) is 18.9 Å². The molecule has 2 amide bonds. The van der Waals surface area contributed by atoms with E-state index in [1.165, 1.54) is 16.9 Å². The number of aliphatic hydroxyl groups is 1. The standard InChI is InChI=1S/C26H31ClF3N3O5S/c1-16(2)21(31-22(34)17-6-5-7-20(14-17)32-39(37,38)26(28,29)30)23(35)33-13-12-25(36,24(3,4)15-33)18-8-10-19(27)11-9-18/h5-11,14,16,21,32,36H,12-13,15H2,1-4H3,(H,31,34)/t21-,25+/m1/s1. The Morgan fingerprint density at radius 2 is 1.72 bits per heavy atom. The van der Waals surface area contributed by atoms with Crippen molar-refractivity contribution in [3.8, 4) is 0 Å². The van der Waals surface area contributed by atoms with E-state index in [-0.39, 0.29) is 36.9 Å². The molecule has 0 aliphatic carbocycles. The highest BCUT2D eigenvalue weighted by Crippen LogP contribution is 2.46. The van der Waals surface area contributed by atoms with E-state index in [0.717, 1.165) is 12.1 Å². The maximum atomic E-state index is 13.5. The van der Waals surface area contributed by atoms with Gasteiger partial charge in [-0.1, -0.05) is 57.5 Å². The third-order valence-electron chi connectivity index (χ3n) is 6.98. The van der Waals surface area contributed by atoms with Crippen molar-refractivity contribution >= 4 is 39.1 Å². The Hall–Kier alpha value is -2.83. The first-order valence-corrected chi connectivity index (χ1v) is 14.0. The molecule has 0 unspecified atom stereocenters. The van der Waals surface area contributed by atoms with Crippen LogP contribution in [0.5, 0.6) is 0 Å². The van der Waals surface area contributed by atoms with Crippen LogP contribution in [0, 0.1) is 11.3 Å². The Kier molecular flexibility index (Phi) is 8.64. The van der Waals surface area contributed by atoms with Crippen molar-refractivity contribution in [3.63, 3.8) is 0 Å². The van der Waals surface area contributed by atoms with Crippen molar-refractivity contribution in [1.29, 1.82) is 0 Å². The van der Waals surface area contributed by atoms with E-state index in [1.807, 2.05) is 13.8 Å². The zero-order valence-corrected chi connectivity index (χ0v) is 23.4. The molecule has 0 spiro atoms. The predicted octanol–water partition coefficient (Wildman–Crippen LogP) is 4.50. The lowest BCUT2D eigenvalue weighted by atomic mass is 9.66. The fourth-order valence-corrected chi connectivity index (χ4v) is 5.32. The summed E-state index contributed by atoms with van der Waals surface area (Å²) in [6.07, 6.45) is 0.244. The summed E-state index contributed by atoms with van der Waals surface area (Å²) in [5.41, 5.74) is -7.42. The molecule has 3 N–H and O–H groups in total. The van der Waals surface area contributed by atoms with Crippen LogP contribution in [0.25, 0.3) is 0 Å². The van der Waals surface area contributed by atoms with E-state index in [2.05, 4.69) is 5.32 Å². The second kappa shape index (κ2) is 11.0. The monoisotopic (exact) mass is 589 g/mol. The van der Waals surface area contributed by atoms with Crippen LogP contribution in [0.15, 0.2) is 48.5 Å². The Labute approximate surface area is 230 Å². The number of hydrogen-bond donors (Lipinski definition) is 3. The second-order valence-electron chi connectivity index (χ2n) is 10.6. The summed E-state index contributed by atoms with van der Waals surface area (Å²) in [6.45, 7) is 7.56. The third-order valence-corrected chi connectivity index (χ3v) is 8.35. The van der Waals surface area contributed by atoms with Crippen molar-refractivity contribution < 1.29 is 36.3 Å². The molecule has 2 aromatic carbocycles. The summed E-state index contributed by atoms with van der Waals surface area (Å²) in [4.78, 5) is 28.1. The van der Waals surface area contributed by atoms with Gasteiger partial charge in [0.25, 0.3) is 5.91 Å². The average molecular weight is 590 g/mol. The first-order valence-electron chi connectivity index (χ1n) is 12.2. The van der Waals surface area contributed by atoms with Crippen LogP contribution < -0.4 is 10.0 Å². The summed E-state index contributed by atoms with van der Waals surface area (Å²) in [5.74, 6) is -1.49. The highest BCUT2D eigenvalue weighted by Gasteiger charge is 2.50. The van der Waals surface area contributed by atoms with Gasteiger partial charge in [-0.2, -0.15) is 21.6 Å². The zero-order valence-electron chi connectivity index (χ0n) is 21.8. The number of piperidine rings is 1. The van der Waals surface area contributed by atoms with Gasteiger partial charge in [0.05, 0.1) is 5.60 Å². The van der Waals surface area contributed by atoms with Gasteiger partial charge < -0.3 is 15.3 Å². The van der Waals surface area contributed by atoms with Gasteiger partial charge in [-0.3, -0.25) is 14.3 Å². The van der Waals surface area contributed by atoms with Crippen molar-refractivity contribution in [2.24, 2.45) is 11.3 Å². The molecule has 39 heavy (non-hydrogen) atoms. The second-order valence-corrected chi connectivity index (χ2v) is 12.7. The topological polar surface area (TPSA) is 116 Å². The first-order chi connectivity index (χ1) is 17.9. The first kappa shape index (κ1) is 30.7. The Morgan fingerprint density at radius 3 is 2.26 bits per heavy atom. The number of sulfonamides is 1. The van der Waals surface area contributed by atoms with Gasteiger partial charge in [0, 0.05) is 34.8 Å². The molecule has 0 aromatic heterocycles. The lowest BCUT2D eigenvalue weighted by Crippen LogP contribution is -2.60. The molecule has 1 heterocycles. The fraction of sp³-hybridized carbons (Fsp3) is 0.462. The smallest absolute Gasteiger partial charge is 0.384 e. The number of carbonyl (C=O) groups is 2. The van der Waals surface area contributed by atoms with Crippen molar-refractivity contribution in [1.82, 2.24) is 10.2 Å². The summed E-state index contributed by atoms with van der Waals surface area (Å²) in [5, 5.41) is 14.8. The summed E-state index contributed by atoms with van der Waals surface area (Å²) < 4.78 is 62.4. The number of halogens is 4. The number of benzene rings is 2. The van der Waals surface area contributed by atoms with Crippen molar-refractivity contribution in [3.05, 3.63) is 64.7 Å². The average Bonchev–Trinajstić information content (AvgIpc) is 2.83. The largest absolute Gasteiger partial charge is 0.516 e. The molecule has 2 aromatic rings. The molecule has 0 radical (unpaired) electrons. The van der Waals surface area contributed by atoms with E-state index in [4.69, 9.17) is 11.6 Å². The van der Waals surface area contributed by atoms with E-state index < -0.39 is 44.2 Å². The minimum absolute atomic E-state index is 0.132. The molecule has 0 bridgehead atoms. The lowest BCUT2D eigenvalue weighted by Gasteiger charge is -2.51. The number of likely N-dealkylation sites (tertiary alicyclic amines) is 1. The van der Waals surface area contributed by atoms with Crippen LogP contribution in [0.1, 0.15) is 50.0 Å². The molecule has 13 heteroatoms. The maximum Gasteiger partial charge on any atom is 0.516 e. The minimum Gasteiger partial charge on any atom is -0.384 e. The maximum absolute atomic E-state index is 13.5. The van der Waals surface area contributed by atoms with Gasteiger partial charge in [0.1, 0.15) is 6.04 Å². The number of alkyl halides is 3. The van der Waals surface area contributed by atoms with Crippen molar-refractivity contribution in [2.45, 2.75) is 51.3 Å². The van der Waals surface area contributed by atoms with Crippen LogP contribution in [0.2, 0.25) is 5.02 Å². The highest BCUT2D eigenvalue weighted by molar-refractivity contribution is 7.93. The SMILES string of the molecule is CC(C)[C@@H](NC(=O)c1cccc(NS(=O)(=O)C(F)(F)F)c1)C(=O)N1CC[C@](O)(c2ccc(Cl)cc2)C(C)(C)C1. The van der Waals surface area contributed by atoms with Gasteiger partial charge in [0.15, 0.2) is 0 Å². The minimum atomic E-state index is -5.67. The van der Waals surface area contributed by atoms with E-state index >= 15 is 0 Å². The number of rotatable bonds is 7. The van der Waals surface area contributed by atoms with Gasteiger partial charge in [0.2, 0.25) is 5.91 Å². The molecule has 0 saturated carbocycles. The Balaban J connectivity index is 1.76. The lowest BCUT2D eigenvalue weighted by molar-refractivity contribution is -0.155. The number of nitrogens with zero attached hydrogens (tertiary/aromatic N) is 1. The quantitative estimate of drug-likeness (QED) is 0.440. The molecule has 2 atom stereocenters. The fourth-order valence-electron chi connectivity index (χ4n) is 4.64. The highest BCUT2D eigenvalue weighted by atomic mass is 35.5. The predicted molar refractivity (Wildman–Crippen MR) is 141 cm³/mol. The summed E-state index contributed by atoms with van der Waals surface area (Å²) in [7, 11) is -5.67. The Morgan fingerprint density at radius 1 is 1.10 bits per heavy atom. The van der Waals surface area contributed by atoms with E-state index in [1.54, 1.807) is 43.0 Å². The molecule has 1 aliphatic rings.